The number of nitrogens with one attached hydrogen (secondary N) is 1. The molecule has 0 radical (unpaired) electrons. The molecule has 6 heterocycles. The summed E-state index contributed by atoms with van der Waals surface area (Å²) in [6.45, 7) is 3.68. The maximum absolute atomic E-state index is 13.6. The Morgan fingerprint density at radius 2 is 1.93 bits per heavy atom. The van der Waals surface area contributed by atoms with Crippen LogP contribution in [0.3, 0.4) is 0 Å². The van der Waals surface area contributed by atoms with Gasteiger partial charge in [-0.05, 0) is 62.9 Å². The summed E-state index contributed by atoms with van der Waals surface area (Å²) < 4.78 is 48.6. The minimum atomic E-state index is -4.52. The SMILES string of the molecule is N#CCC1(n2cc(-c3ncnc4[nH]ccc34)cn2)CN(C2CCC(Oc3cc(CN4CCC4)cc(C(F)(F)F)n3)CC2)C1. The summed E-state index contributed by atoms with van der Waals surface area (Å²) in [5.41, 5.74) is 1.69. The zero-order valence-electron chi connectivity index (χ0n) is 23.6. The van der Waals surface area contributed by atoms with Crippen LogP contribution in [0.5, 0.6) is 5.88 Å². The van der Waals surface area contributed by atoms with Crippen molar-refractivity contribution in [2.75, 3.05) is 26.2 Å². The van der Waals surface area contributed by atoms with Crippen LogP contribution in [0.25, 0.3) is 22.3 Å². The van der Waals surface area contributed by atoms with Crippen LogP contribution in [-0.4, -0.2) is 77.8 Å². The van der Waals surface area contributed by atoms with Crippen LogP contribution in [0, 0.1) is 11.3 Å². The van der Waals surface area contributed by atoms with Gasteiger partial charge in [-0.15, -0.1) is 0 Å². The zero-order valence-corrected chi connectivity index (χ0v) is 23.6. The molecule has 0 unspecified atom stereocenters. The third-order valence-electron chi connectivity index (χ3n) is 9.05. The molecule has 1 saturated carbocycles. The second kappa shape index (κ2) is 10.9. The molecule has 0 spiro atoms. The fraction of sp³-hybridized carbons (Fsp3) is 0.500. The van der Waals surface area contributed by atoms with Crippen LogP contribution in [0.4, 0.5) is 13.2 Å². The molecule has 1 aliphatic carbocycles. The highest BCUT2D eigenvalue weighted by Crippen LogP contribution is 2.39. The standard InChI is InChI=1S/C30H32F3N9O/c31-30(32,33)25-12-20(15-40-10-1-11-40)13-26(39-25)43-23-4-2-22(3-5-23)41-17-29(18-41,7-8-34)42-16-21(14-38-42)27-24-6-9-35-28(24)37-19-36-27/h6,9,12-14,16,19,22-23H,1-5,7,10-11,15,17-18H2,(H,35,36,37). The molecule has 0 aromatic carbocycles. The molecule has 10 nitrogen and oxygen atoms in total. The lowest BCUT2D eigenvalue weighted by atomic mass is 9.82. The fourth-order valence-electron chi connectivity index (χ4n) is 6.61. The lowest BCUT2D eigenvalue weighted by Crippen LogP contribution is -2.65. The van der Waals surface area contributed by atoms with Crippen molar-refractivity contribution in [2.24, 2.45) is 0 Å². The number of hydrogen-bond donors (Lipinski definition) is 1. The lowest BCUT2D eigenvalue weighted by Gasteiger charge is -2.53. The van der Waals surface area contributed by atoms with Gasteiger partial charge in [0.2, 0.25) is 5.88 Å². The molecule has 43 heavy (non-hydrogen) atoms. The summed E-state index contributed by atoms with van der Waals surface area (Å²) in [4.78, 5) is 20.1. The van der Waals surface area contributed by atoms with Crippen LogP contribution >= 0.6 is 0 Å². The van der Waals surface area contributed by atoms with Crippen molar-refractivity contribution in [2.45, 2.75) is 68.9 Å². The summed E-state index contributed by atoms with van der Waals surface area (Å²) in [6.07, 6.45) is 7.02. The molecule has 1 N–H and O–H groups in total. The number of hydrogen-bond acceptors (Lipinski definition) is 8. The smallest absolute Gasteiger partial charge is 0.433 e. The van der Waals surface area contributed by atoms with Crippen LogP contribution in [0.2, 0.25) is 0 Å². The van der Waals surface area contributed by atoms with Gasteiger partial charge in [0.25, 0.3) is 0 Å². The molecular formula is C30H32F3N9O. The Bertz CT molecular complexity index is 1640. The van der Waals surface area contributed by atoms with E-state index < -0.39 is 17.4 Å². The lowest BCUT2D eigenvalue weighted by molar-refractivity contribution is -0.141. The third-order valence-corrected chi connectivity index (χ3v) is 9.05. The number of likely N-dealkylation sites (tertiary alicyclic amines) is 2. The van der Waals surface area contributed by atoms with Gasteiger partial charge in [0.05, 0.1) is 24.4 Å². The molecule has 3 aliphatic rings. The Kier molecular flexibility index (Phi) is 7.05. The average molecular weight is 592 g/mol. The van der Waals surface area contributed by atoms with E-state index in [0.29, 0.717) is 37.7 Å². The number of ether oxygens (including phenoxy) is 1. The topological polar surface area (TPSA) is 112 Å². The molecule has 13 heteroatoms. The molecule has 224 valence electrons. The van der Waals surface area contributed by atoms with Crippen molar-refractivity contribution in [3.8, 4) is 23.2 Å². The number of nitrogens with zero attached hydrogens (tertiary/aromatic N) is 8. The number of alkyl halides is 3. The second-order valence-electron chi connectivity index (χ2n) is 12.0. The van der Waals surface area contributed by atoms with Crippen molar-refractivity contribution in [3.05, 3.63) is 54.4 Å². The van der Waals surface area contributed by atoms with Crippen molar-refractivity contribution in [1.82, 2.24) is 39.5 Å². The van der Waals surface area contributed by atoms with E-state index in [1.54, 1.807) is 12.3 Å². The Morgan fingerprint density at radius 3 is 2.65 bits per heavy atom. The predicted octanol–water partition coefficient (Wildman–Crippen LogP) is 4.76. The van der Waals surface area contributed by atoms with E-state index in [-0.39, 0.29) is 12.0 Å². The van der Waals surface area contributed by atoms with Crippen LogP contribution in [-0.2, 0) is 18.3 Å². The van der Waals surface area contributed by atoms with Crippen LogP contribution in [0.15, 0.2) is 43.1 Å². The first-order valence-corrected chi connectivity index (χ1v) is 14.7. The van der Waals surface area contributed by atoms with Crippen molar-refractivity contribution in [3.63, 3.8) is 0 Å². The summed E-state index contributed by atoms with van der Waals surface area (Å²) in [5.74, 6) is 0.0564. The molecule has 3 fully saturated rings. The number of halogens is 3. The van der Waals surface area contributed by atoms with Crippen LogP contribution in [0.1, 0.15) is 49.8 Å². The van der Waals surface area contributed by atoms with Gasteiger partial charge in [0.1, 0.15) is 29.3 Å². The van der Waals surface area contributed by atoms with Gasteiger partial charge in [0, 0.05) is 55.1 Å². The van der Waals surface area contributed by atoms with Gasteiger partial charge in [-0.1, -0.05) is 0 Å². The second-order valence-corrected chi connectivity index (χ2v) is 12.0. The Morgan fingerprint density at radius 1 is 1.12 bits per heavy atom. The Labute approximate surface area is 246 Å². The van der Waals surface area contributed by atoms with Crippen molar-refractivity contribution >= 4 is 11.0 Å². The number of pyridine rings is 1. The van der Waals surface area contributed by atoms with Gasteiger partial charge >= 0.3 is 6.18 Å². The van der Waals surface area contributed by atoms with E-state index >= 15 is 0 Å². The highest BCUT2D eigenvalue weighted by atomic mass is 19.4. The van der Waals surface area contributed by atoms with E-state index in [1.165, 1.54) is 6.33 Å². The molecule has 7 rings (SSSR count). The molecule has 0 atom stereocenters. The first kappa shape index (κ1) is 27.8. The van der Waals surface area contributed by atoms with Gasteiger partial charge < -0.3 is 9.72 Å². The Hall–Kier alpha value is -4.02. The van der Waals surface area contributed by atoms with E-state index in [0.717, 1.165) is 73.6 Å². The third kappa shape index (κ3) is 5.45. The summed E-state index contributed by atoms with van der Waals surface area (Å²) in [7, 11) is 0. The minimum Gasteiger partial charge on any atom is -0.474 e. The summed E-state index contributed by atoms with van der Waals surface area (Å²) >= 11 is 0. The quantitative estimate of drug-likeness (QED) is 0.312. The number of fused-ring (bicyclic) bond motifs is 1. The van der Waals surface area contributed by atoms with Crippen molar-refractivity contribution in [1.29, 1.82) is 5.26 Å². The molecule has 4 aromatic rings. The van der Waals surface area contributed by atoms with E-state index in [9.17, 15) is 18.4 Å². The van der Waals surface area contributed by atoms with E-state index in [2.05, 4.69) is 40.9 Å². The first-order valence-electron chi connectivity index (χ1n) is 14.7. The van der Waals surface area contributed by atoms with E-state index in [1.807, 2.05) is 23.1 Å². The average Bonchev–Trinajstić information content (AvgIpc) is 3.63. The van der Waals surface area contributed by atoms with E-state index in [4.69, 9.17) is 4.74 Å². The molecule has 2 saturated heterocycles. The summed E-state index contributed by atoms with van der Waals surface area (Å²) in [6, 6.07) is 7.40. The molecule has 0 amide bonds. The number of nitriles is 1. The highest BCUT2D eigenvalue weighted by Gasteiger charge is 2.48. The molecule has 4 aromatic heterocycles. The highest BCUT2D eigenvalue weighted by molar-refractivity contribution is 5.90. The van der Waals surface area contributed by atoms with Crippen LogP contribution < -0.4 is 4.74 Å². The zero-order chi connectivity index (χ0) is 29.6. The molecule has 2 aliphatic heterocycles. The largest absolute Gasteiger partial charge is 0.474 e. The maximum Gasteiger partial charge on any atom is 0.433 e. The fourth-order valence-corrected chi connectivity index (χ4v) is 6.61. The van der Waals surface area contributed by atoms with Crippen molar-refractivity contribution < 1.29 is 17.9 Å². The molecule has 0 bridgehead atoms. The van der Waals surface area contributed by atoms with Gasteiger partial charge in [0.15, 0.2) is 0 Å². The molecular weight excluding hydrogens is 559 g/mol. The predicted molar refractivity (Wildman–Crippen MR) is 151 cm³/mol. The van der Waals surface area contributed by atoms with Gasteiger partial charge in [-0.25, -0.2) is 15.0 Å². The summed E-state index contributed by atoms with van der Waals surface area (Å²) in [5, 5.41) is 15.2. The normalized spacial score (nSPS) is 22.6. The number of H-pyrrole nitrogens is 1. The maximum atomic E-state index is 13.6. The van der Waals surface area contributed by atoms with Gasteiger partial charge in [-0.3, -0.25) is 14.5 Å². The Balaban J connectivity index is 0.986. The number of aromatic amines is 1. The monoisotopic (exact) mass is 591 g/mol. The number of rotatable bonds is 8. The minimum absolute atomic E-state index is 0.0564. The number of aromatic nitrogens is 6. The van der Waals surface area contributed by atoms with Gasteiger partial charge in [-0.2, -0.15) is 23.5 Å². The first-order chi connectivity index (χ1) is 20.8.